The van der Waals surface area contributed by atoms with Gasteiger partial charge in [-0.25, -0.2) is 4.98 Å². The fourth-order valence-corrected chi connectivity index (χ4v) is 5.43. The van der Waals surface area contributed by atoms with Gasteiger partial charge in [0, 0.05) is 16.8 Å². The molecule has 2 aliphatic rings. The van der Waals surface area contributed by atoms with Crippen LogP contribution in [0, 0.1) is 0 Å². The Balaban J connectivity index is 0.000000156. The van der Waals surface area contributed by atoms with Gasteiger partial charge in [-0.05, 0) is 85.4 Å². The molecule has 1 aromatic carbocycles. The lowest BCUT2D eigenvalue weighted by atomic mass is 9.99. The number of rotatable bonds is 3. The minimum absolute atomic E-state index is 0.463. The molecule has 27 heavy (non-hydrogen) atoms. The van der Waals surface area contributed by atoms with Crippen molar-refractivity contribution in [3.8, 4) is 0 Å². The first-order valence-electron chi connectivity index (χ1n) is 9.63. The maximum absolute atomic E-state index is 6.19. The summed E-state index contributed by atoms with van der Waals surface area (Å²) in [4.78, 5) is 4.44. The van der Waals surface area contributed by atoms with Gasteiger partial charge in [-0.15, -0.1) is 11.3 Å². The maximum Gasteiger partial charge on any atom is 0.156 e. The second kappa shape index (κ2) is 8.57. The summed E-state index contributed by atoms with van der Waals surface area (Å²) in [5.74, 6) is 0.463. The number of thiazole rings is 1. The SMILES string of the molecule is C/C(N)=C(/N)Sc1nc(C(C)C)cs1.Nc1c2c(cc3c1CCC3)CCC2. The molecular formula is C21H30N4S2. The van der Waals surface area contributed by atoms with Crippen molar-refractivity contribution >= 4 is 28.8 Å². The van der Waals surface area contributed by atoms with Gasteiger partial charge < -0.3 is 17.2 Å². The summed E-state index contributed by atoms with van der Waals surface area (Å²) in [5.41, 5.74) is 26.4. The van der Waals surface area contributed by atoms with Crippen LogP contribution in [0.25, 0.3) is 0 Å². The molecule has 6 N–H and O–H groups in total. The van der Waals surface area contributed by atoms with Crippen LogP contribution in [0.3, 0.4) is 0 Å². The van der Waals surface area contributed by atoms with Crippen molar-refractivity contribution in [2.24, 2.45) is 11.5 Å². The number of hydrogen-bond donors (Lipinski definition) is 3. The first-order valence-corrected chi connectivity index (χ1v) is 11.3. The Morgan fingerprint density at radius 2 is 1.67 bits per heavy atom. The molecule has 6 heteroatoms. The third-order valence-corrected chi connectivity index (χ3v) is 7.20. The Bertz CT molecular complexity index is 816. The van der Waals surface area contributed by atoms with E-state index in [2.05, 4.69) is 30.3 Å². The van der Waals surface area contributed by atoms with Crippen LogP contribution in [0.4, 0.5) is 5.69 Å². The fourth-order valence-electron chi connectivity index (χ4n) is 3.62. The van der Waals surface area contributed by atoms with Crippen LogP contribution in [0.1, 0.15) is 67.5 Å². The molecule has 0 amide bonds. The second-order valence-corrected chi connectivity index (χ2v) is 9.76. The molecule has 146 valence electrons. The van der Waals surface area contributed by atoms with Gasteiger partial charge in [0.05, 0.1) is 10.7 Å². The summed E-state index contributed by atoms with van der Waals surface area (Å²) in [6.45, 7) is 6.03. The molecule has 0 saturated heterocycles. The van der Waals surface area contributed by atoms with Gasteiger partial charge in [0.15, 0.2) is 4.34 Å². The molecule has 2 aliphatic carbocycles. The van der Waals surface area contributed by atoms with E-state index in [-0.39, 0.29) is 0 Å². The molecule has 0 atom stereocenters. The lowest BCUT2D eigenvalue weighted by Crippen LogP contribution is -2.03. The number of thioether (sulfide) groups is 1. The molecule has 4 nitrogen and oxygen atoms in total. The molecule has 0 radical (unpaired) electrons. The number of hydrogen-bond acceptors (Lipinski definition) is 6. The third kappa shape index (κ3) is 4.61. The summed E-state index contributed by atoms with van der Waals surface area (Å²) >= 11 is 3.04. The predicted octanol–water partition coefficient (Wildman–Crippen LogP) is 4.71. The number of aryl methyl sites for hydroxylation is 2. The number of nitrogen functional groups attached to an aromatic ring is 1. The van der Waals surface area contributed by atoms with Gasteiger partial charge in [0.1, 0.15) is 0 Å². The van der Waals surface area contributed by atoms with Gasteiger partial charge >= 0.3 is 0 Å². The topological polar surface area (TPSA) is 91.0 Å². The van der Waals surface area contributed by atoms with Crippen LogP contribution in [0.5, 0.6) is 0 Å². The van der Waals surface area contributed by atoms with E-state index in [4.69, 9.17) is 17.2 Å². The lowest BCUT2D eigenvalue weighted by molar-refractivity contribution is 0.822. The van der Waals surface area contributed by atoms with E-state index in [0.717, 1.165) is 15.7 Å². The van der Waals surface area contributed by atoms with E-state index < -0.39 is 0 Å². The number of aromatic nitrogens is 1. The largest absolute Gasteiger partial charge is 0.400 e. The Morgan fingerprint density at radius 1 is 1.07 bits per heavy atom. The van der Waals surface area contributed by atoms with Crippen molar-refractivity contribution in [1.82, 2.24) is 4.98 Å². The maximum atomic E-state index is 6.19. The highest BCUT2D eigenvalue weighted by atomic mass is 32.2. The summed E-state index contributed by atoms with van der Waals surface area (Å²) in [7, 11) is 0. The van der Waals surface area contributed by atoms with Gasteiger partial charge in [0.25, 0.3) is 0 Å². The van der Waals surface area contributed by atoms with E-state index in [0.29, 0.717) is 16.6 Å². The zero-order valence-corrected chi connectivity index (χ0v) is 18.1. The first kappa shape index (κ1) is 20.1. The normalized spacial score (nSPS) is 15.9. The monoisotopic (exact) mass is 402 g/mol. The summed E-state index contributed by atoms with van der Waals surface area (Å²) in [6.07, 6.45) is 7.56. The number of nitrogens with two attached hydrogens (primary N) is 3. The molecule has 0 saturated carbocycles. The highest BCUT2D eigenvalue weighted by Gasteiger charge is 2.21. The number of allylic oxidation sites excluding steroid dienone is 1. The van der Waals surface area contributed by atoms with Gasteiger partial charge in [-0.2, -0.15) is 0 Å². The minimum Gasteiger partial charge on any atom is -0.400 e. The Kier molecular flexibility index (Phi) is 6.37. The molecule has 2 aromatic rings. The van der Waals surface area contributed by atoms with Crippen molar-refractivity contribution < 1.29 is 0 Å². The zero-order chi connectivity index (χ0) is 19.6. The molecule has 4 rings (SSSR count). The van der Waals surface area contributed by atoms with Crippen molar-refractivity contribution in [2.45, 2.75) is 69.6 Å². The van der Waals surface area contributed by atoms with Gasteiger partial charge in [0.2, 0.25) is 0 Å². The van der Waals surface area contributed by atoms with Crippen LogP contribution in [0.2, 0.25) is 0 Å². The highest BCUT2D eigenvalue weighted by Crippen LogP contribution is 2.36. The predicted molar refractivity (Wildman–Crippen MR) is 118 cm³/mol. The van der Waals surface area contributed by atoms with Crippen molar-refractivity contribution in [1.29, 1.82) is 0 Å². The molecular weight excluding hydrogens is 372 g/mol. The third-order valence-electron chi connectivity index (χ3n) is 5.20. The molecule has 1 aromatic heterocycles. The summed E-state index contributed by atoms with van der Waals surface area (Å²) in [6, 6.07) is 2.42. The van der Waals surface area contributed by atoms with Crippen LogP contribution < -0.4 is 17.2 Å². The number of anilines is 1. The number of nitrogens with zero attached hydrogens (tertiary/aromatic N) is 1. The smallest absolute Gasteiger partial charge is 0.156 e. The Morgan fingerprint density at radius 3 is 2.15 bits per heavy atom. The molecule has 0 spiro atoms. The van der Waals surface area contributed by atoms with Gasteiger partial charge in [-0.1, -0.05) is 19.9 Å². The first-order chi connectivity index (χ1) is 12.9. The summed E-state index contributed by atoms with van der Waals surface area (Å²) in [5, 5.41) is 2.70. The van der Waals surface area contributed by atoms with Gasteiger partial charge in [-0.3, -0.25) is 0 Å². The molecule has 0 fully saturated rings. The van der Waals surface area contributed by atoms with Crippen molar-refractivity contribution in [2.75, 3.05) is 5.73 Å². The van der Waals surface area contributed by atoms with E-state index in [1.807, 2.05) is 0 Å². The minimum atomic E-state index is 0.463. The van der Waals surface area contributed by atoms with Crippen LogP contribution in [-0.2, 0) is 25.7 Å². The molecule has 0 bridgehead atoms. The van der Waals surface area contributed by atoms with Crippen LogP contribution in [0.15, 0.2) is 26.5 Å². The average molecular weight is 403 g/mol. The Hall–Kier alpha value is -1.66. The van der Waals surface area contributed by atoms with Crippen molar-refractivity contribution in [3.05, 3.63) is 50.1 Å². The van der Waals surface area contributed by atoms with E-state index >= 15 is 0 Å². The zero-order valence-electron chi connectivity index (χ0n) is 16.5. The van der Waals surface area contributed by atoms with E-state index in [9.17, 15) is 0 Å². The average Bonchev–Trinajstić information content (AvgIpc) is 3.35. The van der Waals surface area contributed by atoms with Crippen LogP contribution >= 0.6 is 23.1 Å². The second-order valence-electron chi connectivity index (χ2n) is 7.62. The Labute approximate surface area is 170 Å². The molecule has 0 aliphatic heterocycles. The number of benzene rings is 1. The number of fused-ring (bicyclic) bond motifs is 2. The summed E-state index contributed by atoms with van der Waals surface area (Å²) < 4.78 is 0.955. The fraction of sp³-hybridized carbons (Fsp3) is 0.476. The quantitative estimate of drug-likeness (QED) is 0.511. The molecule has 0 unspecified atom stereocenters. The van der Waals surface area contributed by atoms with E-state index in [1.54, 1.807) is 18.3 Å². The lowest BCUT2D eigenvalue weighted by Gasteiger charge is -2.10. The van der Waals surface area contributed by atoms with Crippen LogP contribution in [-0.4, -0.2) is 4.98 Å². The standard InChI is InChI=1S/C12H15N.C9H15N3S2/c13-12-10-5-1-3-8(10)7-9-4-2-6-11(9)12;1-5(2)7-4-13-9(12-7)14-8(11)6(3)10/h7H,1-6,13H2;4-5H,10-11H2,1-3H3/b;8-6+. The highest BCUT2D eigenvalue weighted by molar-refractivity contribution is 8.04. The van der Waals surface area contributed by atoms with Crippen molar-refractivity contribution in [3.63, 3.8) is 0 Å². The molecule has 1 heterocycles. The van der Waals surface area contributed by atoms with E-state index in [1.165, 1.54) is 72.5 Å².